The van der Waals surface area contributed by atoms with Crippen LogP contribution in [-0.4, -0.2) is 87.3 Å². The van der Waals surface area contributed by atoms with E-state index in [1.807, 2.05) is 36.4 Å². The van der Waals surface area contributed by atoms with Crippen molar-refractivity contribution in [1.29, 1.82) is 0 Å². The van der Waals surface area contributed by atoms with Gasteiger partial charge in [0.2, 0.25) is 11.8 Å². The third-order valence-electron chi connectivity index (χ3n) is 8.97. The number of nitrogens with zero attached hydrogens (tertiary/aromatic N) is 2. The van der Waals surface area contributed by atoms with Gasteiger partial charge in [-0.05, 0) is 64.0 Å². The number of aliphatic carboxylic acids is 1. The first kappa shape index (κ1) is 32.3. The minimum absolute atomic E-state index is 0.00308. The number of amides is 4. The SMILES string of the molecule is CC(C)(C)OC(=O)N[C@H]1CCCCC/C=C\[C@H]2C[C@@]2(C(=O)O)NC(=O)[C@@H]2C[C@@H](OC(=O)N3CCc4ccccc4C3)CN2C1=O. The molecular weight excluding hydrogens is 580 g/mol. The van der Waals surface area contributed by atoms with Crippen molar-refractivity contribution in [3.63, 3.8) is 0 Å². The molecule has 1 saturated heterocycles. The molecule has 1 aromatic carbocycles. The molecule has 0 spiro atoms. The van der Waals surface area contributed by atoms with Gasteiger partial charge in [-0.1, -0.05) is 49.3 Å². The van der Waals surface area contributed by atoms with Crippen molar-refractivity contribution >= 4 is 30.0 Å². The van der Waals surface area contributed by atoms with Gasteiger partial charge in [-0.3, -0.25) is 9.59 Å². The number of nitrogens with one attached hydrogen (secondary N) is 2. The quantitative estimate of drug-likeness (QED) is 0.432. The van der Waals surface area contributed by atoms with Gasteiger partial charge < -0.3 is 35.0 Å². The number of allylic oxidation sites excluding steroid dienone is 1. The maximum atomic E-state index is 14.1. The Labute approximate surface area is 263 Å². The number of benzene rings is 1. The molecule has 12 heteroatoms. The molecule has 1 saturated carbocycles. The van der Waals surface area contributed by atoms with Crippen LogP contribution in [0.1, 0.15) is 76.8 Å². The van der Waals surface area contributed by atoms with Crippen molar-refractivity contribution in [2.75, 3.05) is 13.1 Å². The van der Waals surface area contributed by atoms with Gasteiger partial charge in [0.1, 0.15) is 29.3 Å². The number of rotatable bonds is 3. The number of alkyl carbamates (subject to hydrolysis) is 1. The molecule has 0 bridgehead atoms. The van der Waals surface area contributed by atoms with Gasteiger partial charge in [-0.25, -0.2) is 14.4 Å². The third-order valence-corrected chi connectivity index (χ3v) is 8.97. The molecule has 1 aromatic rings. The van der Waals surface area contributed by atoms with E-state index in [0.717, 1.165) is 24.8 Å². The highest BCUT2D eigenvalue weighted by Crippen LogP contribution is 2.45. The summed E-state index contributed by atoms with van der Waals surface area (Å²) in [6.45, 7) is 5.98. The maximum absolute atomic E-state index is 14.1. The van der Waals surface area contributed by atoms with Crippen LogP contribution in [0, 0.1) is 5.92 Å². The fourth-order valence-corrected chi connectivity index (χ4v) is 6.47. The van der Waals surface area contributed by atoms with Gasteiger partial charge in [0.25, 0.3) is 0 Å². The Kier molecular flexibility index (Phi) is 9.41. The lowest BCUT2D eigenvalue weighted by atomic mass is 10.0. The van der Waals surface area contributed by atoms with Crippen molar-refractivity contribution in [3.8, 4) is 0 Å². The van der Waals surface area contributed by atoms with Crippen LogP contribution in [0.3, 0.4) is 0 Å². The number of carbonyl (C=O) groups excluding carboxylic acids is 4. The fraction of sp³-hybridized carbons (Fsp3) is 0.606. The lowest BCUT2D eigenvalue weighted by Crippen LogP contribution is -2.56. The number of fused-ring (bicyclic) bond motifs is 3. The number of carboxylic acids is 1. The monoisotopic (exact) mass is 624 g/mol. The lowest BCUT2D eigenvalue weighted by Gasteiger charge is -2.30. The molecule has 244 valence electrons. The summed E-state index contributed by atoms with van der Waals surface area (Å²) in [7, 11) is 0. The molecule has 3 N–H and O–H groups in total. The summed E-state index contributed by atoms with van der Waals surface area (Å²) in [5.74, 6) is -2.62. The molecule has 0 radical (unpaired) electrons. The summed E-state index contributed by atoms with van der Waals surface area (Å²) in [5, 5.41) is 15.5. The van der Waals surface area contributed by atoms with Crippen molar-refractivity contribution in [2.24, 2.45) is 5.92 Å². The van der Waals surface area contributed by atoms with E-state index in [2.05, 4.69) is 10.6 Å². The molecule has 5 atom stereocenters. The zero-order chi connectivity index (χ0) is 32.4. The summed E-state index contributed by atoms with van der Waals surface area (Å²) in [4.78, 5) is 69.1. The number of carboxylic acid groups (broad SMARTS) is 1. The first-order valence-electron chi connectivity index (χ1n) is 15.9. The van der Waals surface area contributed by atoms with E-state index < -0.39 is 59.3 Å². The largest absolute Gasteiger partial charge is 0.479 e. The number of ether oxygens (including phenoxy) is 2. The molecule has 5 rings (SSSR count). The predicted molar refractivity (Wildman–Crippen MR) is 163 cm³/mol. The predicted octanol–water partition coefficient (Wildman–Crippen LogP) is 3.52. The molecule has 2 fully saturated rings. The molecule has 4 aliphatic rings. The summed E-state index contributed by atoms with van der Waals surface area (Å²) in [5.41, 5.74) is -0.0144. The Morgan fingerprint density at radius 3 is 2.58 bits per heavy atom. The third kappa shape index (κ3) is 7.59. The van der Waals surface area contributed by atoms with Gasteiger partial charge >= 0.3 is 18.2 Å². The minimum atomic E-state index is -1.45. The molecule has 0 aromatic heterocycles. The van der Waals surface area contributed by atoms with Crippen LogP contribution in [0.2, 0.25) is 0 Å². The summed E-state index contributed by atoms with van der Waals surface area (Å²) in [6.07, 6.45) is 5.97. The van der Waals surface area contributed by atoms with E-state index in [9.17, 15) is 29.1 Å². The maximum Gasteiger partial charge on any atom is 0.410 e. The molecule has 12 nitrogen and oxygen atoms in total. The zero-order valence-corrected chi connectivity index (χ0v) is 26.3. The Morgan fingerprint density at radius 1 is 1.09 bits per heavy atom. The van der Waals surface area contributed by atoms with Gasteiger partial charge in [0, 0.05) is 25.4 Å². The lowest BCUT2D eigenvalue weighted by molar-refractivity contribution is -0.145. The van der Waals surface area contributed by atoms with Crippen LogP contribution in [-0.2, 0) is 36.8 Å². The van der Waals surface area contributed by atoms with E-state index in [-0.39, 0.29) is 25.3 Å². The van der Waals surface area contributed by atoms with Crippen LogP contribution >= 0.6 is 0 Å². The first-order chi connectivity index (χ1) is 21.4. The zero-order valence-electron chi connectivity index (χ0n) is 26.3. The van der Waals surface area contributed by atoms with Crippen LogP contribution in [0.25, 0.3) is 0 Å². The second-order valence-corrected chi connectivity index (χ2v) is 13.5. The Morgan fingerprint density at radius 2 is 1.84 bits per heavy atom. The van der Waals surface area contributed by atoms with E-state index >= 15 is 0 Å². The summed E-state index contributed by atoms with van der Waals surface area (Å²) >= 11 is 0. The Balaban J connectivity index is 1.36. The Bertz CT molecular complexity index is 1360. The summed E-state index contributed by atoms with van der Waals surface area (Å²) < 4.78 is 11.3. The molecule has 1 aliphatic carbocycles. The highest BCUT2D eigenvalue weighted by Gasteiger charge is 2.61. The van der Waals surface area contributed by atoms with Gasteiger partial charge in [0.05, 0.1) is 6.54 Å². The average molecular weight is 625 g/mol. The molecule has 3 heterocycles. The highest BCUT2D eigenvalue weighted by atomic mass is 16.6. The molecule has 4 amide bonds. The number of hydrogen-bond acceptors (Lipinski definition) is 7. The first-order valence-corrected chi connectivity index (χ1v) is 15.9. The second kappa shape index (κ2) is 13.1. The van der Waals surface area contributed by atoms with Crippen molar-refractivity contribution < 1.29 is 38.6 Å². The van der Waals surface area contributed by atoms with Gasteiger partial charge in [0.15, 0.2) is 0 Å². The van der Waals surface area contributed by atoms with Gasteiger partial charge in [-0.15, -0.1) is 0 Å². The van der Waals surface area contributed by atoms with Crippen molar-refractivity contribution in [2.45, 2.75) is 108 Å². The minimum Gasteiger partial charge on any atom is -0.479 e. The normalized spacial score (nSPS) is 29.5. The van der Waals surface area contributed by atoms with E-state index in [1.54, 1.807) is 25.7 Å². The van der Waals surface area contributed by atoms with Crippen molar-refractivity contribution in [3.05, 3.63) is 47.5 Å². The number of carbonyl (C=O) groups is 5. The summed E-state index contributed by atoms with van der Waals surface area (Å²) in [6, 6.07) is 5.83. The van der Waals surface area contributed by atoms with Crippen molar-refractivity contribution in [1.82, 2.24) is 20.4 Å². The van der Waals surface area contributed by atoms with Crippen LogP contribution in [0.5, 0.6) is 0 Å². The van der Waals surface area contributed by atoms with E-state index in [0.29, 0.717) is 32.4 Å². The van der Waals surface area contributed by atoms with E-state index in [1.165, 1.54) is 10.5 Å². The van der Waals surface area contributed by atoms with Crippen LogP contribution in [0.15, 0.2) is 36.4 Å². The molecular formula is C33H44N4O8. The smallest absolute Gasteiger partial charge is 0.410 e. The molecule has 45 heavy (non-hydrogen) atoms. The highest BCUT2D eigenvalue weighted by molar-refractivity contribution is 5.96. The molecule has 0 unspecified atom stereocenters. The fourth-order valence-electron chi connectivity index (χ4n) is 6.47. The van der Waals surface area contributed by atoms with Crippen LogP contribution < -0.4 is 10.6 Å². The average Bonchev–Trinajstić information content (AvgIpc) is 3.51. The standard InChI is InChI=1S/C33H44N4O8/c1-32(2,3)45-30(42)34-25-14-8-6-4-5-7-13-23-18-33(23,29(40)41)35-27(38)26-17-24(20-37(26)28(25)39)44-31(43)36-16-15-21-11-9-10-12-22(21)19-36/h7,9-13,23-26H,4-6,8,14-20H2,1-3H3,(H,34,42)(H,35,38)(H,40,41)/b13-7-/t23-,24+,25-,26-,33+/m0/s1. The topological polar surface area (TPSA) is 155 Å². The van der Waals surface area contributed by atoms with E-state index in [4.69, 9.17) is 9.47 Å². The Hall–Kier alpha value is -4.09. The second-order valence-electron chi connectivity index (χ2n) is 13.5. The van der Waals surface area contributed by atoms with Gasteiger partial charge in [-0.2, -0.15) is 0 Å². The van der Waals surface area contributed by atoms with Crippen LogP contribution in [0.4, 0.5) is 9.59 Å². The molecule has 3 aliphatic heterocycles. The number of hydrogen-bond donors (Lipinski definition) is 3.